The fourth-order valence-electron chi connectivity index (χ4n) is 5.62. The van der Waals surface area contributed by atoms with Crippen molar-refractivity contribution in [3.8, 4) is 11.8 Å². The molecule has 1 fully saturated rings. The lowest BCUT2D eigenvalue weighted by Crippen LogP contribution is -2.44. The van der Waals surface area contributed by atoms with E-state index in [1.54, 1.807) is 19.4 Å². The molecule has 1 aromatic carbocycles. The summed E-state index contributed by atoms with van der Waals surface area (Å²) in [7, 11) is 1.57. The number of nitrogen functional groups attached to an aromatic ring is 1. The Morgan fingerprint density at radius 1 is 1.21 bits per heavy atom. The van der Waals surface area contributed by atoms with Crippen molar-refractivity contribution in [3.63, 3.8) is 0 Å². The van der Waals surface area contributed by atoms with Gasteiger partial charge in [0.1, 0.15) is 16.4 Å². The van der Waals surface area contributed by atoms with Gasteiger partial charge in [-0.15, -0.1) is 0 Å². The average molecular weight is 559 g/mol. The number of hydrogen-bond acceptors (Lipinski definition) is 8. The van der Waals surface area contributed by atoms with Gasteiger partial charge < -0.3 is 21.7 Å². The number of pyridine rings is 1. The standard InChI is InChI=1S/C28H27ClN8OS/c1-32-22(38)5-3-17-2-4-18-15-28(25(30)19(18)14-17)8-12-36(13-9-28)27-20-6-11-35-37(20)23(16-34-27)39-21-7-10-33-26(31)24(21)29/h2,4,6-7,10-11,14,16,25H,8-9,12-13,15,30H2,1H3,(H2,31,33)(H,32,38)/t25-/m1/s1. The van der Waals surface area contributed by atoms with E-state index in [-0.39, 0.29) is 17.4 Å². The second-order valence-corrected chi connectivity index (χ2v) is 11.3. The van der Waals surface area contributed by atoms with Crippen molar-refractivity contribution in [2.75, 3.05) is 30.8 Å². The molecule has 0 saturated carbocycles. The predicted octanol–water partition coefficient (Wildman–Crippen LogP) is 3.45. The largest absolute Gasteiger partial charge is 0.382 e. The number of carbonyl (C=O) groups is 1. The van der Waals surface area contributed by atoms with Crippen molar-refractivity contribution in [1.82, 2.24) is 24.9 Å². The molecule has 11 heteroatoms. The quantitative estimate of drug-likeness (QED) is 0.326. The Balaban J connectivity index is 1.20. The second kappa shape index (κ2) is 10.1. The molecule has 39 heavy (non-hydrogen) atoms. The molecule has 0 unspecified atom stereocenters. The van der Waals surface area contributed by atoms with Crippen LogP contribution in [0.25, 0.3) is 5.52 Å². The van der Waals surface area contributed by atoms with Gasteiger partial charge in [0.05, 0.1) is 17.4 Å². The normalized spacial score (nSPS) is 17.6. The lowest BCUT2D eigenvalue weighted by Gasteiger charge is -2.42. The number of benzene rings is 1. The summed E-state index contributed by atoms with van der Waals surface area (Å²) in [6.07, 6.45) is 8.10. The molecular formula is C28H27ClN8OS. The van der Waals surface area contributed by atoms with Gasteiger partial charge in [-0.2, -0.15) is 5.10 Å². The van der Waals surface area contributed by atoms with Crippen molar-refractivity contribution in [1.29, 1.82) is 0 Å². The molecule has 5 N–H and O–H groups in total. The first-order valence-electron chi connectivity index (χ1n) is 12.7. The number of nitrogens with zero attached hydrogens (tertiary/aromatic N) is 5. The van der Waals surface area contributed by atoms with Crippen LogP contribution in [0, 0.1) is 17.3 Å². The summed E-state index contributed by atoms with van der Waals surface area (Å²) in [6.45, 7) is 1.69. The maximum atomic E-state index is 11.5. The first-order valence-corrected chi connectivity index (χ1v) is 13.9. The zero-order valence-corrected chi connectivity index (χ0v) is 22.9. The van der Waals surface area contributed by atoms with Crippen LogP contribution in [0.4, 0.5) is 11.6 Å². The summed E-state index contributed by atoms with van der Waals surface area (Å²) in [6, 6.07) is 9.88. The second-order valence-electron chi connectivity index (χ2n) is 9.91. The first-order chi connectivity index (χ1) is 18.9. The van der Waals surface area contributed by atoms with Crippen LogP contribution in [0.1, 0.15) is 35.6 Å². The molecule has 4 heterocycles. The Bertz CT molecular complexity index is 1650. The van der Waals surface area contributed by atoms with Crippen molar-refractivity contribution < 1.29 is 4.79 Å². The number of carbonyl (C=O) groups excluding carboxylic acids is 1. The molecule has 0 radical (unpaired) electrons. The molecule has 0 bridgehead atoms. The third-order valence-electron chi connectivity index (χ3n) is 7.76. The zero-order chi connectivity index (χ0) is 27.1. The summed E-state index contributed by atoms with van der Waals surface area (Å²) in [4.78, 5) is 23.5. The van der Waals surface area contributed by atoms with Gasteiger partial charge >= 0.3 is 0 Å². The lowest BCUT2D eigenvalue weighted by molar-refractivity contribution is -0.115. The van der Waals surface area contributed by atoms with Crippen LogP contribution in [-0.4, -0.2) is 45.6 Å². The number of anilines is 2. The Kier molecular flexibility index (Phi) is 6.59. The van der Waals surface area contributed by atoms with Gasteiger partial charge in [0.25, 0.3) is 5.91 Å². The zero-order valence-electron chi connectivity index (χ0n) is 21.3. The van der Waals surface area contributed by atoms with E-state index in [9.17, 15) is 4.79 Å². The predicted molar refractivity (Wildman–Crippen MR) is 153 cm³/mol. The SMILES string of the molecule is CNC(=O)C#Cc1ccc2c(c1)[C@@H](N)C1(CCN(c3ncc(Sc4ccnc(N)c4Cl)n4nccc34)CC1)C2. The third kappa shape index (κ3) is 4.56. The molecule has 9 nitrogen and oxygen atoms in total. The summed E-state index contributed by atoms with van der Waals surface area (Å²) in [5, 5.41) is 8.34. The monoisotopic (exact) mass is 558 g/mol. The van der Waals surface area contributed by atoms with E-state index in [0.29, 0.717) is 10.8 Å². The number of amides is 1. The van der Waals surface area contributed by atoms with E-state index in [1.165, 1.54) is 17.3 Å². The minimum atomic E-state index is -0.304. The summed E-state index contributed by atoms with van der Waals surface area (Å²) < 4.78 is 1.89. The van der Waals surface area contributed by atoms with E-state index >= 15 is 0 Å². The fraction of sp³-hybridized carbons (Fsp3) is 0.286. The number of aromatic nitrogens is 4. The summed E-state index contributed by atoms with van der Waals surface area (Å²) >= 11 is 7.82. The van der Waals surface area contributed by atoms with Crippen LogP contribution in [0.2, 0.25) is 5.02 Å². The number of rotatable bonds is 3. The Morgan fingerprint density at radius 3 is 2.82 bits per heavy atom. The van der Waals surface area contributed by atoms with Gasteiger partial charge in [0.15, 0.2) is 5.82 Å². The highest BCUT2D eigenvalue weighted by atomic mass is 35.5. The van der Waals surface area contributed by atoms with Crippen LogP contribution in [-0.2, 0) is 11.2 Å². The number of nitrogens with one attached hydrogen (secondary N) is 1. The number of halogens is 1. The van der Waals surface area contributed by atoms with Crippen molar-refractivity contribution in [2.45, 2.75) is 35.2 Å². The van der Waals surface area contributed by atoms with Crippen LogP contribution in [0.3, 0.4) is 0 Å². The van der Waals surface area contributed by atoms with Crippen LogP contribution >= 0.6 is 23.4 Å². The Hall–Kier alpha value is -3.78. The molecular weight excluding hydrogens is 532 g/mol. The number of piperidine rings is 1. The summed E-state index contributed by atoms with van der Waals surface area (Å²) in [5.74, 6) is 6.45. The molecule has 198 valence electrons. The maximum Gasteiger partial charge on any atom is 0.295 e. The molecule has 1 atom stereocenters. The van der Waals surface area contributed by atoms with E-state index in [4.69, 9.17) is 28.1 Å². The maximum absolute atomic E-state index is 11.5. The van der Waals surface area contributed by atoms with Gasteiger partial charge in [-0.1, -0.05) is 35.3 Å². The van der Waals surface area contributed by atoms with Gasteiger partial charge in [0, 0.05) is 48.8 Å². The molecule has 1 saturated heterocycles. The topological polar surface area (TPSA) is 127 Å². The van der Waals surface area contributed by atoms with Gasteiger partial charge in [0.2, 0.25) is 0 Å². The molecule has 6 rings (SSSR count). The first kappa shape index (κ1) is 25.5. The minimum Gasteiger partial charge on any atom is -0.382 e. The Labute approximate surface area is 235 Å². The number of fused-ring (bicyclic) bond motifs is 2. The number of nitrogens with two attached hydrogens (primary N) is 2. The molecule has 4 aromatic rings. The smallest absolute Gasteiger partial charge is 0.295 e. The summed E-state index contributed by atoms with van der Waals surface area (Å²) in [5.41, 5.74) is 16.9. The van der Waals surface area contributed by atoms with Crippen molar-refractivity contribution in [2.24, 2.45) is 11.1 Å². The van der Waals surface area contributed by atoms with E-state index in [1.807, 2.05) is 35.0 Å². The molecule has 1 aliphatic heterocycles. The molecule has 1 spiro atoms. The fourth-order valence-corrected chi connectivity index (χ4v) is 6.73. The van der Waals surface area contributed by atoms with E-state index < -0.39 is 0 Å². The average Bonchev–Trinajstić information content (AvgIpc) is 3.54. The Morgan fingerprint density at radius 2 is 2.03 bits per heavy atom. The molecule has 1 amide bonds. The minimum absolute atomic E-state index is 0.00394. The highest BCUT2D eigenvalue weighted by Crippen LogP contribution is 2.51. The van der Waals surface area contributed by atoms with Crippen molar-refractivity contribution >= 4 is 46.4 Å². The van der Waals surface area contributed by atoms with E-state index in [0.717, 1.165) is 64.7 Å². The van der Waals surface area contributed by atoms with Crippen LogP contribution in [0.15, 0.2) is 58.8 Å². The van der Waals surface area contributed by atoms with Crippen LogP contribution in [0.5, 0.6) is 0 Å². The third-order valence-corrected chi connectivity index (χ3v) is 9.32. The number of hydrogen-bond donors (Lipinski definition) is 3. The van der Waals surface area contributed by atoms with Gasteiger partial charge in [-0.3, -0.25) is 4.79 Å². The highest BCUT2D eigenvalue weighted by Gasteiger charge is 2.46. The van der Waals surface area contributed by atoms with Gasteiger partial charge in [-0.25, -0.2) is 14.5 Å². The lowest BCUT2D eigenvalue weighted by atomic mass is 9.73. The van der Waals surface area contributed by atoms with Crippen molar-refractivity contribution in [3.05, 3.63) is 70.6 Å². The molecule has 3 aromatic heterocycles. The van der Waals surface area contributed by atoms with Crippen LogP contribution < -0.4 is 21.7 Å². The van der Waals surface area contributed by atoms with Gasteiger partial charge in [-0.05, 0) is 60.1 Å². The molecule has 2 aliphatic rings. The highest BCUT2D eigenvalue weighted by molar-refractivity contribution is 7.99. The molecule has 1 aliphatic carbocycles. The van der Waals surface area contributed by atoms with E-state index in [2.05, 4.69) is 38.2 Å².